The van der Waals surface area contributed by atoms with Gasteiger partial charge in [-0.2, -0.15) is 0 Å². The van der Waals surface area contributed by atoms with E-state index in [2.05, 4.69) is 60.4 Å². The summed E-state index contributed by atoms with van der Waals surface area (Å²) in [5.41, 5.74) is 4.14. The Kier molecular flexibility index (Phi) is 2.45. The second-order valence-corrected chi connectivity index (χ2v) is 6.11. The van der Waals surface area contributed by atoms with Crippen LogP contribution in [-0.2, 0) is 5.60 Å². The normalized spacial score (nSPS) is 27.5. The van der Waals surface area contributed by atoms with Crippen LogP contribution in [-0.4, -0.2) is 18.2 Å². The Balaban J connectivity index is 1.84. The summed E-state index contributed by atoms with van der Waals surface area (Å²) in [6.07, 6.45) is 1.03. The molecule has 0 saturated carbocycles. The first-order valence-electron chi connectivity index (χ1n) is 7.32. The molecule has 2 heteroatoms. The zero-order valence-corrected chi connectivity index (χ0v) is 11.7. The first kappa shape index (κ1) is 12.0. The van der Waals surface area contributed by atoms with Crippen LogP contribution >= 0.6 is 0 Å². The minimum Gasteiger partial charge on any atom is -0.383 e. The number of nitrogens with zero attached hydrogens (tertiary/aromatic N) is 1. The Morgan fingerprint density at radius 2 is 1.85 bits per heavy atom. The predicted molar refractivity (Wildman–Crippen MR) is 81.1 cm³/mol. The SMILES string of the molecule is Cc1ccc(C2(O)CN3CCC2c2ccccc23)cc1. The van der Waals surface area contributed by atoms with Crippen LogP contribution < -0.4 is 4.90 Å². The lowest BCUT2D eigenvalue weighted by Crippen LogP contribution is -2.54. The molecule has 2 bridgehead atoms. The number of para-hydroxylation sites is 1. The van der Waals surface area contributed by atoms with Crippen LogP contribution in [0.15, 0.2) is 48.5 Å². The van der Waals surface area contributed by atoms with E-state index in [1.54, 1.807) is 0 Å². The monoisotopic (exact) mass is 265 g/mol. The van der Waals surface area contributed by atoms with Crippen LogP contribution in [0.5, 0.6) is 0 Å². The molecule has 2 nitrogen and oxygen atoms in total. The van der Waals surface area contributed by atoms with Crippen LogP contribution in [0.2, 0.25) is 0 Å². The van der Waals surface area contributed by atoms with Crippen LogP contribution in [0.25, 0.3) is 0 Å². The number of piperidine rings is 1. The lowest BCUT2D eigenvalue weighted by Gasteiger charge is -2.52. The molecule has 0 amide bonds. The molecule has 0 aliphatic carbocycles. The number of aryl methyl sites for hydroxylation is 1. The minimum atomic E-state index is -0.750. The fourth-order valence-corrected chi connectivity index (χ4v) is 3.83. The van der Waals surface area contributed by atoms with Crippen molar-refractivity contribution in [2.45, 2.75) is 24.9 Å². The molecule has 5 rings (SSSR count). The Morgan fingerprint density at radius 3 is 2.65 bits per heavy atom. The third-order valence-electron chi connectivity index (χ3n) is 4.90. The van der Waals surface area contributed by atoms with Crippen molar-refractivity contribution in [2.24, 2.45) is 0 Å². The number of anilines is 1. The maximum absolute atomic E-state index is 11.3. The number of hydrogen-bond donors (Lipinski definition) is 1. The summed E-state index contributed by atoms with van der Waals surface area (Å²) in [5, 5.41) is 11.3. The molecule has 102 valence electrons. The summed E-state index contributed by atoms with van der Waals surface area (Å²) >= 11 is 0. The summed E-state index contributed by atoms with van der Waals surface area (Å²) in [6.45, 7) is 3.84. The van der Waals surface area contributed by atoms with Crippen molar-refractivity contribution in [1.82, 2.24) is 0 Å². The van der Waals surface area contributed by atoms with Crippen molar-refractivity contribution in [3.8, 4) is 0 Å². The van der Waals surface area contributed by atoms with Gasteiger partial charge in [0.2, 0.25) is 0 Å². The number of fused-ring (bicyclic) bond motifs is 2. The number of benzene rings is 2. The van der Waals surface area contributed by atoms with E-state index < -0.39 is 5.60 Å². The van der Waals surface area contributed by atoms with Crippen LogP contribution in [0.3, 0.4) is 0 Å². The molecular weight excluding hydrogens is 246 g/mol. The van der Waals surface area contributed by atoms with Crippen molar-refractivity contribution in [1.29, 1.82) is 0 Å². The van der Waals surface area contributed by atoms with Crippen LogP contribution in [0.4, 0.5) is 5.69 Å². The predicted octanol–water partition coefficient (Wildman–Crippen LogP) is 3.19. The molecular formula is C18H19NO. The van der Waals surface area contributed by atoms with E-state index in [9.17, 15) is 5.11 Å². The summed E-state index contributed by atoms with van der Waals surface area (Å²) < 4.78 is 0. The highest BCUT2D eigenvalue weighted by atomic mass is 16.3. The average Bonchev–Trinajstić information content (AvgIpc) is 2.48. The molecule has 3 aliphatic rings. The zero-order valence-electron chi connectivity index (χ0n) is 11.7. The van der Waals surface area contributed by atoms with Crippen molar-refractivity contribution in [2.75, 3.05) is 18.0 Å². The van der Waals surface area contributed by atoms with Gasteiger partial charge in [-0.3, -0.25) is 0 Å². The second-order valence-electron chi connectivity index (χ2n) is 6.11. The number of aliphatic hydroxyl groups is 1. The van der Waals surface area contributed by atoms with E-state index >= 15 is 0 Å². The highest BCUT2D eigenvalue weighted by molar-refractivity contribution is 5.62. The first-order valence-corrected chi connectivity index (χ1v) is 7.32. The standard InChI is InChI=1S/C18H19NO/c1-13-6-8-14(9-7-13)18(20)12-19-11-10-16(18)15-4-2-3-5-17(15)19/h2-9,16,20H,10-12H2,1H3. The highest BCUT2D eigenvalue weighted by Gasteiger charge is 2.48. The lowest BCUT2D eigenvalue weighted by molar-refractivity contribution is -0.00615. The second kappa shape index (κ2) is 4.10. The summed E-state index contributed by atoms with van der Waals surface area (Å²) in [5.74, 6) is 0.214. The van der Waals surface area contributed by atoms with Gasteiger partial charge < -0.3 is 10.0 Å². The third-order valence-corrected chi connectivity index (χ3v) is 4.90. The average molecular weight is 265 g/mol. The molecule has 1 saturated heterocycles. The van der Waals surface area contributed by atoms with E-state index in [0.29, 0.717) is 6.54 Å². The first-order chi connectivity index (χ1) is 9.68. The van der Waals surface area contributed by atoms with Gasteiger partial charge in [-0.1, -0.05) is 48.0 Å². The lowest BCUT2D eigenvalue weighted by atomic mass is 9.69. The maximum Gasteiger partial charge on any atom is 0.114 e. The van der Waals surface area contributed by atoms with Gasteiger partial charge >= 0.3 is 0 Å². The molecule has 1 fully saturated rings. The fourth-order valence-electron chi connectivity index (χ4n) is 3.83. The molecule has 0 spiro atoms. The molecule has 1 N–H and O–H groups in total. The van der Waals surface area contributed by atoms with Gasteiger partial charge in [0.05, 0.1) is 6.54 Å². The Hall–Kier alpha value is -1.80. The highest BCUT2D eigenvalue weighted by Crippen LogP contribution is 2.51. The van der Waals surface area contributed by atoms with Crippen molar-refractivity contribution < 1.29 is 5.11 Å². The molecule has 0 aromatic heterocycles. The topological polar surface area (TPSA) is 23.5 Å². The molecule has 2 atom stereocenters. The van der Waals surface area contributed by atoms with Crippen molar-refractivity contribution >= 4 is 5.69 Å². The number of rotatable bonds is 1. The largest absolute Gasteiger partial charge is 0.383 e. The molecule has 3 heterocycles. The van der Waals surface area contributed by atoms with Gasteiger partial charge in [0.15, 0.2) is 0 Å². The maximum atomic E-state index is 11.3. The quantitative estimate of drug-likeness (QED) is 0.856. The van der Waals surface area contributed by atoms with Gasteiger partial charge in [0.1, 0.15) is 5.60 Å². The Morgan fingerprint density at radius 1 is 1.10 bits per heavy atom. The smallest absolute Gasteiger partial charge is 0.114 e. The fraction of sp³-hybridized carbons (Fsp3) is 0.333. The molecule has 2 aromatic carbocycles. The Labute approximate surface area is 119 Å². The Bertz CT molecular complexity index is 649. The van der Waals surface area contributed by atoms with Gasteiger partial charge in [-0.05, 0) is 30.5 Å². The summed E-state index contributed by atoms with van der Waals surface area (Å²) in [6, 6.07) is 16.9. The zero-order chi connectivity index (χ0) is 13.7. The molecule has 2 aromatic rings. The molecule has 20 heavy (non-hydrogen) atoms. The molecule has 0 radical (unpaired) electrons. The van der Waals surface area contributed by atoms with Crippen molar-refractivity contribution in [3.05, 3.63) is 65.2 Å². The van der Waals surface area contributed by atoms with Crippen molar-refractivity contribution in [3.63, 3.8) is 0 Å². The van der Waals surface area contributed by atoms with E-state index in [1.165, 1.54) is 16.8 Å². The van der Waals surface area contributed by atoms with E-state index in [-0.39, 0.29) is 5.92 Å². The van der Waals surface area contributed by atoms with Crippen LogP contribution in [0, 0.1) is 6.92 Å². The molecule has 2 unspecified atom stereocenters. The third kappa shape index (κ3) is 1.55. The van der Waals surface area contributed by atoms with E-state index in [1.807, 2.05) is 0 Å². The molecule has 3 aliphatic heterocycles. The van der Waals surface area contributed by atoms with Gasteiger partial charge in [0, 0.05) is 18.2 Å². The van der Waals surface area contributed by atoms with E-state index in [0.717, 1.165) is 18.5 Å². The van der Waals surface area contributed by atoms with E-state index in [4.69, 9.17) is 0 Å². The van der Waals surface area contributed by atoms with Gasteiger partial charge in [-0.15, -0.1) is 0 Å². The van der Waals surface area contributed by atoms with Crippen LogP contribution in [0.1, 0.15) is 29.0 Å². The van der Waals surface area contributed by atoms with Gasteiger partial charge in [0.25, 0.3) is 0 Å². The summed E-state index contributed by atoms with van der Waals surface area (Å²) in [7, 11) is 0. The number of hydrogen-bond acceptors (Lipinski definition) is 2. The summed E-state index contributed by atoms with van der Waals surface area (Å²) in [4.78, 5) is 2.33. The van der Waals surface area contributed by atoms with Gasteiger partial charge in [-0.25, -0.2) is 0 Å². The minimum absolute atomic E-state index is 0.214.